The first-order valence-electron chi connectivity index (χ1n) is 9.42. The fraction of sp³-hybridized carbons (Fsp3) is 0. The van der Waals surface area contributed by atoms with Crippen molar-refractivity contribution in [2.75, 3.05) is 0 Å². The van der Waals surface area contributed by atoms with Gasteiger partial charge in [-0.3, -0.25) is 20.6 Å². The summed E-state index contributed by atoms with van der Waals surface area (Å²) in [5, 5.41) is 28.9. The van der Waals surface area contributed by atoms with E-state index in [1.165, 1.54) is 0 Å². The van der Waals surface area contributed by atoms with Crippen molar-refractivity contribution in [2.45, 2.75) is 0 Å². The smallest absolute Gasteiger partial charge is 0.457 e. The number of rotatable bonds is 4. The summed E-state index contributed by atoms with van der Waals surface area (Å²) in [6, 6.07) is 15.6. The van der Waals surface area contributed by atoms with E-state index in [4.69, 9.17) is 0 Å². The van der Waals surface area contributed by atoms with Gasteiger partial charge in [-0.2, -0.15) is 10.4 Å². The molecule has 0 saturated heterocycles. The Bertz CT molecular complexity index is 1140. The van der Waals surface area contributed by atoms with Crippen molar-refractivity contribution in [3.8, 4) is 34.2 Å². The number of tetrazole rings is 2. The van der Waals surface area contributed by atoms with E-state index < -0.39 is 0 Å². The molecule has 0 aliphatic carbocycles. The summed E-state index contributed by atoms with van der Waals surface area (Å²) in [5.74, 6) is 1.08. The first kappa shape index (κ1) is 38.8. The average molecular weight is 589 g/mol. The number of benzene rings is 2. The fourth-order valence-electron chi connectivity index (χ4n) is 2.91. The van der Waals surface area contributed by atoms with Crippen LogP contribution in [0.1, 0.15) is 0 Å². The number of hydrogen-bond donors (Lipinski definition) is 0. The number of hydrogen-bond acceptors (Lipinski definition) is 8. The average Bonchev–Trinajstić information content (AvgIpc) is 3.69. The molecule has 0 bridgehead atoms. The van der Waals surface area contributed by atoms with E-state index in [1.54, 1.807) is 25.0 Å². The Morgan fingerprint density at radius 3 is 1.15 bits per heavy atom. The third-order valence-electron chi connectivity index (χ3n) is 4.49. The second-order valence-corrected chi connectivity index (χ2v) is 6.44. The maximum absolute atomic E-state index is 3.99. The van der Waals surface area contributed by atoms with Crippen LogP contribution < -0.4 is 10.2 Å². The molecule has 2 aromatic carbocycles. The Morgan fingerprint density at radius 2 is 0.897 bits per heavy atom. The largest absolute Gasteiger partial charge is 2.00 e. The maximum atomic E-state index is 3.99. The van der Waals surface area contributed by atoms with Crippen molar-refractivity contribution in [1.29, 1.82) is 0 Å². The van der Waals surface area contributed by atoms with E-state index in [2.05, 4.69) is 51.2 Å². The molecule has 19 heteroatoms. The van der Waals surface area contributed by atoms with E-state index >= 15 is 0 Å². The van der Waals surface area contributed by atoms with Crippen molar-refractivity contribution in [1.82, 2.24) is 60.4 Å². The first-order valence-corrected chi connectivity index (χ1v) is 9.42. The molecule has 4 heterocycles. The van der Waals surface area contributed by atoms with Crippen LogP contribution in [-0.4, -0.2) is 61.1 Å². The summed E-state index contributed by atoms with van der Waals surface area (Å²) in [4.78, 5) is 7.98. The molecule has 39 heavy (non-hydrogen) atoms. The van der Waals surface area contributed by atoms with E-state index in [0.29, 0.717) is 11.6 Å². The van der Waals surface area contributed by atoms with Gasteiger partial charge in [0, 0.05) is 47.8 Å². The second-order valence-electron chi connectivity index (χ2n) is 6.44. The summed E-state index contributed by atoms with van der Waals surface area (Å²) in [7, 11) is 0. The SMILES string of the molecule is O.O.[Mn+2].[OH3+].[OH3+].[OH3+].[OH3+].c1cn(-c2ccc(-c3nnn[n-]3)cc2)cn1.c1cn(-c2ccc(-c3nnn[n-]3)cc2)cn1. The first-order chi connectivity index (χ1) is 15.9. The topological polar surface area (TPSA) is 336 Å². The van der Waals surface area contributed by atoms with Crippen molar-refractivity contribution < 1.29 is 49.9 Å². The van der Waals surface area contributed by atoms with E-state index in [0.717, 1.165) is 22.5 Å². The molecule has 6 aromatic rings. The van der Waals surface area contributed by atoms with Crippen molar-refractivity contribution >= 4 is 0 Å². The fourth-order valence-corrected chi connectivity index (χ4v) is 2.91. The monoisotopic (exact) mass is 589 g/mol. The minimum atomic E-state index is 0. The predicted octanol–water partition coefficient (Wildman–Crippen LogP) is -3.98. The standard InChI is InChI=1S/2C10H7N6.Mn.6H2O/c2*1-3-9(16-6-5-11-7-16)4-2-8(1)10-12-14-15-13-10;;;;;;;/h2*1-7H;;6*1H2/q2*-1;+2;;;;;;/p+4. The Hall–Kier alpha value is -4.72. The summed E-state index contributed by atoms with van der Waals surface area (Å²) in [6.45, 7) is 0. The molecular weight excluding hydrogens is 559 g/mol. The van der Waals surface area contributed by atoms with Crippen LogP contribution in [0, 0.1) is 0 Å². The molecule has 0 unspecified atom stereocenters. The normalized spacial score (nSPS) is 8.62. The van der Waals surface area contributed by atoms with Gasteiger partial charge in [0.25, 0.3) is 0 Å². The molecule has 0 aliphatic heterocycles. The molecule has 16 N–H and O–H groups in total. The summed E-state index contributed by atoms with van der Waals surface area (Å²) < 4.78 is 3.85. The van der Waals surface area contributed by atoms with Gasteiger partial charge in [-0.1, -0.05) is 24.3 Å². The maximum Gasteiger partial charge on any atom is 2.00 e. The zero-order valence-corrected chi connectivity index (χ0v) is 21.3. The Balaban J connectivity index is -0.000000563. The van der Waals surface area contributed by atoms with Crippen LogP contribution in [0.15, 0.2) is 86.0 Å². The van der Waals surface area contributed by atoms with Crippen molar-refractivity contribution in [3.05, 3.63) is 86.0 Å². The molecule has 0 fully saturated rings. The van der Waals surface area contributed by atoms with Crippen LogP contribution in [0.5, 0.6) is 0 Å². The van der Waals surface area contributed by atoms with Gasteiger partial charge in [0.1, 0.15) is 0 Å². The van der Waals surface area contributed by atoms with Crippen LogP contribution in [0.2, 0.25) is 0 Å². The molecule has 1 radical (unpaired) electrons. The predicted molar refractivity (Wildman–Crippen MR) is 138 cm³/mol. The molecule has 0 spiro atoms. The molecule has 4 aromatic heterocycles. The van der Waals surface area contributed by atoms with Gasteiger partial charge in [0.2, 0.25) is 0 Å². The molecule has 0 amide bonds. The number of aromatic nitrogens is 12. The summed E-state index contributed by atoms with van der Waals surface area (Å²) in [5.41, 5.74) is 3.87. The quantitative estimate of drug-likeness (QED) is 0.142. The number of nitrogens with zero attached hydrogens (tertiary/aromatic N) is 12. The minimum Gasteiger partial charge on any atom is -0.457 e. The van der Waals surface area contributed by atoms with Gasteiger partial charge >= 0.3 is 17.1 Å². The number of imidazole rings is 2. The van der Waals surface area contributed by atoms with Crippen LogP contribution in [0.3, 0.4) is 0 Å². The van der Waals surface area contributed by atoms with Gasteiger partial charge < -0.3 is 52.2 Å². The van der Waals surface area contributed by atoms with Crippen LogP contribution in [0.25, 0.3) is 34.2 Å². The molecule has 209 valence electrons. The van der Waals surface area contributed by atoms with Crippen LogP contribution in [0.4, 0.5) is 0 Å². The Kier molecular flexibility index (Phi) is 18.4. The Labute approximate surface area is 230 Å². The Morgan fingerprint density at radius 1 is 0.538 bits per heavy atom. The molecule has 0 aliphatic rings. The van der Waals surface area contributed by atoms with E-state index in [9.17, 15) is 0 Å². The van der Waals surface area contributed by atoms with Gasteiger partial charge in [-0.05, 0) is 35.4 Å². The second kappa shape index (κ2) is 18.5. The van der Waals surface area contributed by atoms with Gasteiger partial charge in [-0.25, -0.2) is 9.97 Å². The minimum absolute atomic E-state index is 0. The summed E-state index contributed by atoms with van der Waals surface area (Å²) in [6.07, 6.45) is 10.7. The van der Waals surface area contributed by atoms with Crippen LogP contribution >= 0.6 is 0 Å². The molecule has 0 saturated carbocycles. The van der Waals surface area contributed by atoms with Gasteiger partial charge in [-0.15, -0.1) is 0 Å². The van der Waals surface area contributed by atoms with E-state index in [-0.39, 0.29) is 49.9 Å². The third-order valence-corrected chi connectivity index (χ3v) is 4.49. The zero-order valence-electron chi connectivity index (χ0n) is 20.1. The molecule has 18 nitrogen and oxygen atoms in total. The molecular formula is C20H30MnN12O6+4. The molecule has 0 atom stereocenters. The van der Waals surface area contributed by atoms with Gasteiger partial charge in [0.05, 0.1) is 12.7 Å². The summed E-state index contributed by atoms with van der Waals surface area (Å²) >= 11 is 0. The third kappa shape index (κ3) is 9.27. The van der Waals surface area contributed by atoms with Crippen molar-refractivity contribution in [3.63, 3.8) is 0 Å². The van der Waals surface area contributed by atoms with Gasteiger partial charge in [0.15, 0.2) is 0 Å². The zero-order chi connectivity index (χ0) is 21.6. The van der Waals surface area contributed by atoms with Crippen molar-refractivity contribution in [2.24, 2.45) is 0 Å². The van der Waals surface area contributed by atoms with E-state index in [1.807, 2.05) is 70.1 Å². The molecule has 6 rings (SSSR count). The van der Waals surface area contributed by atoms with Crippen LogP contribution in [-0.2, 0) is 39.0 Å².